The van der Waals surface area contributed by atoms with Gasteiger partial charge < -0.3 is 14.2 Å². The fourth-order valence-electron chi connectivity index (χ4n) is 3.64. The lowest BCUT2D eigenvalue weighted by Gasteiger charge is -2.26. The minimum Gasteiger partial charge on any atom is -0.361 e. The molecular formula is C19H22N4O2. The molecule has 1 saturated carbocycles. The highest BCUT2D eigenvalue weighted by atomic mass is 16.5. The third-order valence-corrected chi connectivity index (χ3v) is 4.82. The molecule has 3 aromatic heterocycles. The molecule has 6 heteroatoms. The van der Waals surface area contributed by atoms with E-state index < -0.39 is 5.54 Å². The van der Waals surface area contributed by atoms with Crippen LogP contribution in [0.5, 0.6) is 0 Å². The van der Waals surface area contributed by atoms with Crippen LogP contribution < -0.4 is 5.32 Å². The maximum Gasteiger partial charge on any atom is 0.272 e. The molecule has 0 spiro atoms. The topological polar surface area (TPSA) is 72.4 Å². The first kappa shape index (κ1) is 15.9. The Bertz CT molecular complexity index is 944. The number of imidazole rings is 1. The lowest BCUT2D eigenvalue weighted by molar-refractivity contribution is 0.0908. The number of aromatic nitrogens is 3. The van der Waals surface area contributed by atoms with Gasteiger partial charge in [-0.25, -0.2) is 4.98 Å². The predicted octanol–water partition coefficient (Wildman–Crippen LogP) is 3.48. The second-order valence-corrected chi connectivity index (χ2v) is 7.33. The van der Waals surface area contributed by atoms with Crippen LogP contribution in [0, 0.1) is 13.8 Å². The van der Waals surface area contributed by atoms with E-state index in [1.165, 1.54) is 0 Å². The molecule has 0 saturated heterocycles. The number of nitrogens with one attached hydrogen (secondary N) is 1. The van der Waals surface area contributed by atoms with Crippen molar-refractivity contribution in [1.82, 2.24) is 19.9 Å². The molecule has 1 aliphatic carbocycles. The molecule has 1 amide bonds. The number of hydrogen-bond acceptors (Lipinski definition) is 4. The first-order valence-corrected chi connectivity index (χ1v) is 8.61. The minimum absolute atomic E-state index is 0.180. The van der Waals surface area contributed by atoms with Gasteiger partial charge in [-0.05, 0) is 52.7 Å². The summed E-state index contributed by atoms with van der Waals surface area (Å²) in [5.41, 5.74) is 2.41. The summed E-state index contributed by atoms with van der Waals surface area (Å²) in [4.78, 5) is 17.7. The van der Waals surface area contributed by atoms with Crippen molar-refractivity contribution in [2.24, 2.45) is 0 Å². The van der Waals surface area contributed by atoms with Crippen molar-refractivity contribution in [1.29, 1.82) is 0 Å². The van der Waals surface area contributed by atoms with Gasteiger partial charge in [-0.15, -0.1) is 0 Å². The van der Waals surface area contributed by atoms with Crippen LogP contribution in [0.15, 0.2) is 28.9 Å². The molecule has 0 atom stereocenters. The number of aryl methyl sites for hydroxylation is 2. The van der Waals surface area contributed by atoms with E-state index in [-0.39, 0.29) is 5.91 Å². The molecule has 1 N–H and O–H groups in total. The van der Waals surface area contributed by atoms with Crippen LogP contribution in [-0.4, -0.2) is 20.4 Å². The van der Waals surface area contributed by atoms with E-state index >= 15 is 0 Å². The SMILES string of the molecule is Cc1noc(C)c1C(C)(C)NC(=O)c1nc(C2CC2)n2ccccc12. The first-order valence-electron chi connectivity index (χ1n) is 8.61. The lowest BCUT2D eigenvalue weighted by Crippen LogP contribution is -2.42. The molecule has 0 radical (unpaired) electrons. The van der Waals surface area contributed by atoms with Gasteiger partial charge in [-0.2, -0.15) is 0 Å². The molecule has 3 heterocycles. The van der Waals surface area contributed by atoms with Crippen LogP contribution in [0.4, 0.5) is 0 Å². The standard InChI is InChI=1S/C19H22N4O2/c1-11-15(12(2)25-22-11)19(3,4)21-18(24)16-14-7-5-6-10-23(14)17(20-16)13-8-9-13/h5-7,10,13H,8-9H2,1-4H3,(H,21,24). The zero-order valence-corrected chi connectivity index (χ0v) is 15.0. The Kier molecular flexibility index (Phi) is 3.45. The van der Waals surface area contributed by atoms with Gasteiger partial charge in [-0.3, -0.25) is 4.79 Å². The number of rotatable bonds is 4. The molecule has 1 aliphatic rings. The Labute approximate surface area is 146 Å². The average molecular weight is 338 g/mol. The van der Waals surface area contributed by atoms with Gasteiger partial charge in [0, 0.05) is 17.7 Å². The van der Waals surface area contributed by atoms with E-state index in [0.29, 0.717) is 11.6 Å². The molecule has 25 heavy (non-hydrogen) atoms. The van der Waals surface area contributed by atoms with Crippen LogP contribution in [-0.2, 0) is 5.54 Å². The van der Waals surface area contributed by atoms with Crippen LogP contribution in [0.25, 0.3) is 5.52 Å². The van der Waals surface area contributed by atoms with E-state index in [9.17, 15) is 4.79 Å². The summed E-state index contributed by atoms with van der Waals surface area (Å²) in [6.45, 7) is 7.66. The Morgan fingerprint density at radius 3 is 2.72 bits per heavy atom. The number of pyridine rings is 1. The van der Waals surface area contributed by atoms with E-state index in [1.807, 2.05) is 56.5 Å². The predicted molar refractivity (Wildman–Crippen MR) is 93.6 cm³/mol. The summed E-state index contributed by atoms with van der Waals surface area (Å²) in [7, 11) is 0. The van der Waals surface area contributed by atoms with Crippen LogP contribution in [0.2, 0.25) is 0 Å². The van der Waals surface area contributed by atoms with Gasteiger partial charge >= 0.3 is 0 Å². The smallest absolute Gasteiger partial charge is 0.272 e. The number of hydrogen-bond donors (Lipinski definition) is 1. The second-order valence-electron chi connectivity index (χ2n) is 7.33. The van der Waals surface area contributed by atoms with Gasteiger partial charge in [0.2, 0.25) is 0 Å². The number of nitrogens with zero attached hydrogens (tertiary/aromatic N) is 3. The zero-order chi connectivity index (χ0) is 17.8. The number of carbonyl (C=O) groups is 1. The Hall–Kier alpha value is -2.63. The lowest BCUT2D eigenvalue weighted by atomic mass is 9.92. The average Bonchev–Trinajstić information content (AvgIpc) is 3.23. The zero-order valence-electron chi connectivity index (χ0n) is 15.0. The van der Waals surface area contributed by atoms with Crippen molar-refractivity contribution in [3.8, 4) is 0 Å². The van der Waals surface area contributed by atoms with E-state index in [1.54, 1.807) is 0 Å². The molecule has 0 aromatic carbocycles. The van der Waals surface area contributed by atoms with Gasteiger partial charge in [0.25, 0.3) is 5.91 Å². The maximum absolute atomic E-state index is 13.0. The number of carbonyl (C=O) groups excluding carboxylic acids is 1. The molecule has 4 rings (SSSR count). The first-order chi connectivity index (χ1) is 11.9. The van der Waals surface area contributed by atoms with Gasteiger partial charge in [-0.1, -0.05) is 11.2 Å². The van der Waals surface area contributed by atoms with Crippen molar-refractivity contribution in [2.45, 2.75) is 52.0 Å². The molecule has 3 aromatic rings. The van der Waals surface area contributed by atoms with E-state index in [2.05, 4.69) is 15.5 Å². The summed E-state index contributed by atoms with van der Waals surface area (Å²) in [6, 6.07) is 5.84. The molecule has 130 valence electrons. The second kappa shape index (κ2) is 5.44. The summed E-state index contributed by atoms with van der Waals surface area (Å²) in [6.07, 6.45) is 4.26. The fourth-order valence-corrected chi connectivity index (χ4v) is 3.64. The molecule has 0 bridgehead atoms. The summed E-state index contributed by atoms with van der Waals surface area (Å²) >= 11 is 0. The Balaban J connectivity index is 1.71. The third kappa shape index (κ3) is 2.62. The van der Waals surface area contributed by atoms with Crippen LogP contribution in [0.3, 0.4) is 0 Å². The molecule has 1 fully saturated rings. The molecular weight excluding hydrogens is 316 g/mol. The molecule has 0 aliphatic heterocycles. The Morgan fingerprint density at radius 2 is 2.08 bits per heavy atom. The van der Waals surface area contributed by atoms with E-state index in [4.69, 9.17) is 4.52 Å². The molecule has 6 nitrogen and oxygen atoms in total. The highest BCUT2D eigenvalue weighted by molar-refractivity contribution is 5.99. The Morgan fingerprint density at radius 1 is 1.32 bits per heavy atom. The monoisotopic (exact) mass is 338 g/mol. The third-order valence-electron chi connectivity index (χ3n) is 4.82. The van der Waals surface area contributed by atoms with Crippen molar-refractivity contribution in [2.75, 3.05) is 0 Å². The van der Waals surface area contributed by atoms with Crippen molar-refractivity contribution >= 4 is 11.4 Å². The maximum atomic E-state index is 13.0. The number of amides is 1. The van der Waals surface area contributed by atoms with Gasteiger partial charge in [0.15, 0.2) is 5.69 Å². The molecule has 0 unspecified atom stereocenters. The number of fused-ring (bicyclic) bond motifs is 1. The van der Waals surface area contributed by atoms with Crippen molar-refractivity contribution < 1.29 is 9.32 Å². The summed E-state index contributed by atoms with van der Waals surface area (Å²) in [5.74, 6) is 1.99. The quantitative estimate of drug-likeness (QED) is 0.790. The van der Waals surface area contributed by atoms with Crippen molar-refractivity contribution in [3.05, 3.63) is 52.9 Å². The van der Waals surface area contributed by atoms with Crippen molar-refractivity contribution in [3.63, 3.8) is 0 Å². The highest BCUT2D eigenvalue weighted by Gasteiger charge is 2.33. The normalized spacial score (nSPS) is 14.9. The van der Waals surface area contributed by atoms with Crippen LogP contribution in [0.1, 0.15) is 65.9 Å². The van der Waals surface area contributed by atoms with E-state index in [0.717, 1.165) is 41.2 Å². The fraction of sp³-hybridized carbons (Fsp3) is 0.421. The minimum atomic E-state index is -0.601. The summed E-state index contributed by atoms with van der Waals surface area (Å²) < 4.78 is 7.30. The van der Waals surface area contributed by atoms with Gasteiger partial charge in [0.1, 0.15) is 11.6 Å². The summed E-state index contributed by atoms with van der Waals surface area (Å²) in [5, 5.41) is 7.11. The largest absolute Gasteiger partial charge is 0.361 e. The van der Waals surface area contributed by atoms with Crippen LogP contribution >= 0.6 is 0 Å². The van der Waals surface area contributed by atoms with Gasteiger partial charge in [0.05, 0.1) is 16.7 Å². The highest BCUT2D eigenvalue weighted by Crippen LogP contribution is 2.40.